The second-order valence-electron chi connectivity index (χ2n) is 4.37. The van der Waals surface area contributed by atoms with Crippen molar-refractivity contribution in [2.75, 3.05) is 14.2 Å². The van der Waals surface area contributed by atoms with Crippen molar-refractivity contribution in [2.45, 2.75) is 13.8 Å². The molecule has 106 valence electrons. The Bertz CT molecular complexity index is 527. The lowest BCUT2D eigenvalue weighted by Crippen LogP contribution is -2.00. The monoisotopic (exact) mass is 272 g/mol. The molecule has 2 aromatic carbocycles. The van der Waals surface area contributed by atoms with Crippen molar-refractivity contribution in [3.8, 4) is 5.75 Å². The van der Waals surface area contributed by atoms with Crippen LogP contribution in [0.5, 0.6) is 5.75 Å². The fourth-order valence-electron chi connectivity index (χ4n) is 1.48. The van der Waals surface area contributed by atoms with E-state index in [9.17, 15) is 4.79 Å². The molecule has 0 amide bonds. The molecule has 0 N–H and O–H groups in total. The maximum Gasteiger partial charge on any atom is 0.337 e. The van der Waals surface area contributed by atoms with E-state index in [1.165, 1.54) is 12.7 Å². The summed E-state index contributed by atoms with van der Waals surface area (Å²) in [6, 6.07) is 15.2. The SMILES string of the molecule is COC(=O)c1ccc(C)cc1.COc1ccc(C)cc1. The van der Waals surface area contributed by atoms with Crippen LogP contribution >= 0.6 is 0 Å². The fraction of sp³-hybridized carbons (Fsp3) is 0.235. The first-order valence-electron chi connectivity index (χ1n) is 6.32. The standard InChI is InChI=1S/C9H10O2.C8H10O/c1-7-3-5-8(6-4-7)9(10)11-2;1-7-3-5-8(9-2)6-4-7/h3-6H,1-2H3;3-6H,1-2H3. The highest BCUT2D eigenvalue weighted by Gasteiger charge is 2.01. The van der Waals surface area contributed by atoms with Crippen molar-refractivity contribution in [1.29, 1.82) is 0 Å². The molecule has 0 heterocycles. The summed E-state index contributed by atoms with van der Waals surface area (Å²) in [5.74, 6) is 0.630. The number of hydrogen-bond acceptors (Lipinski definition) is 3. The van der Waals surface area contributed by atoms with Crippen molar-refractivity contribution in [1.82, 2.24) is 0 Å². The molecule has 0 unspecified atom stereocenters. The van der Waals surface area contributed by atoms with Crippen LogP contribution in [0.15, 0.2) is 48.5 Å². The predicted molar refractivity (Wildman–Crippen MR) is 80.2 cm³/mol. The molecule has 0 aliphatic heterocycles. The Kier molecular flexibility index (Phi) is 6.30. The third kappa shape index (κ3) is 5.14. The molecule has 0 radical (unpaired) electrons. The number of carbonyl (C=O) groups excluding carboxylic acids is 1. The van der Waals surface area contributed by atoms with Crippen LogP contribution in [0, 0.1) is 13.8 Å². The average molecular weight is 272 g/mol. The van der Waals surface area contributed by atoms with Gasteiger partial charge in [-0.3, -0.25) is 0 Å². The van der Waals surface area contributed by atoms with E-state index in [0.29, 0.717) is 5.56 Å². The number of benzene rings is 2. The molecule has 0 fully saturated rings. The van der Waals surface area contributed by atoms with E-state index in [-0.39, 0.29) is 5.97 Å². The Hall–Kier alpha value is -2.29. The number of ether oxygens (including phenoxy) is 2. The molecule has 0 atom stereocenters. The van der Waals surface area contributed by atoms with E-state index in [1.807, 2.05) is 43.3 Å². The van der Waals surface area contributed by atoms with Gasteiger partial charge in [-0.1, -0.05) is 35.4 Å². The van der Waals surface area contributed by atoms with Gasteiger partial charge in [0.1, 0.15) is 5.75 Å². The average Bonchev–Trinajstić information content (AvgIpc) is 2.49. The van der Waals surface area contributed by atoms with Crippen molar-refractivity contribution in [2.24, 2.45) is 0 Å². The summed E-state index contributed by atoms with van der Waals surface area (Å²) >= 11 is 0. The van der Waals surface area contributed by atoms with Crippen LogP contribution in [-0.2, 0) is 4.74 Å². The molecule has 0 saturated carbocycles. The van der Waals surface area contributed by atoms with Crippen molar-refractivity contribution >= 4 is 5.97 Å². The normalized spacial score (nSPS) is 9.20. The van der Waals surface area contributed by atoms with Crippen LogP contribution in [0.3, 0.4) is 0 Å². The molecule has 0 spiro atoms. The summed E-state index contributed by atoms with van der Waals surface area (Å²) in [6.07, 6.45) is 0. The van der Waals surface area contributed by atoms with Crippen LogP contribution in [-0.4, -0.2) is 20.2 Å². The zero-order valence-corrected chi connectivity index (χ0v) is 12.3. The van der Waals surface area contributed by atoms with Crippen LogP contribution < -0.4 is 4.74 Å². The topological polar surface area (TPSA) is 35.5 Å². The van der Waals surface area contributed by atoms with Gasteiger partial charge in [0.2, 0.25) is 0 Å². The zero-order valence-electron chi connectivity index (χ0n) is 12.3. The van der Waals surface area contributed by atoms with Gasteiger partial charge < -0.3 is 9.47 Å². The summed E-state index contributed by atoms with van der Waals surface area (Å²) in [7, 11) is 3.05. The van der Waals surface area contributed by atoms with Crippen LogP contribution in [0.1, 0.15) is 21.5 Å². The maximum absolute atomic E-state index is 10.9. The van der Waals surface area contributed by atoms with Gasteiger partial charge >= 0.3 is 5.97 Å². The number of aryl methyl sites for hydroxylation is 2. The highest BCUT2D eigenvalue weighted by Crippen LogP contribution is 2.09. The van der Waals surface area contributed by atoms with Gasteiger partial charge in [0.05, 0.1) is 19.8 Å². The number of hydrogen-bond donors (Lipinski definition) is 0. The summed E-state index contributed by atoms with van der Waals surface area (Å²) in [4.78, 5) is 10.9. The molecule has 2 rings (SSSR count). The molecule has 0 saturated heterocycles. The lowest BCUT2D eigenvalue weighted by atomic mass is 10.2. The van der Waals surface area contributed by atoms with Gasteiger partial charge in [0, 0.05) is 0 Å². The minimum atomic E-state index is -0.287. The van der Waals surface area contributed by atoms with Gasteiger partial charge in [-0.05, 0) is 38.1 Å². The molecular weight excluding hydrogens is 252 g/mol. The molecular formula is C17H20O3. The molecule has 0 aromatic heterocycles. The lowest BCUT2D eigenvalue weighted by molar-refractivity contribution is 0.0600. The Labute approximate surface area is 120 Å². The van der Waals surface area contributed by atoms with E-state index in [1.54, 1.807) is 19.2 Å². The lowest BCUT2D eigenvalue weighted by Gasteiger charge is -1.97. The van der Waals surface area contributed by atoms with Gasteiger partial charge in [0.15, 0.2) is 0 Å². The summed E-state index contributed by atoms with van der Waals surface area (Å²) in [6.45, 7) is 4.03. The molecule has 2 aromatic rings. The molecule has 0 bridgehead atoms. The first kappa shape index (κ1) is 15.8. The van der Waals surface area contributed by atoms with Crippen LogP contribution in [0.2, 0.25) is 0 Å². The Balaban J connectivity index is 0.000000204. The zero-order chi connectivity index (χ0) is 15.0. The summed E-state index contributed by atoms with van der Waals surface area (Å²) in [5.41, 5.74) is 2.99. The Morgan fingerprint density at radius 1 is 0.800 bits per heavy atom. The Morgan fingerprint density at radius 2 is 1.25 bits per heavy atom. The minimum absolute atomic E-state index is 0.287. The smallest absolute Gasteiger partial charge is 0.337 e. The quantitative estimate of drug-likeness (QED) is 0.780. The largest absolute Gasteiger partial charge is 0.497 e. The first-order chi connectivity index (χ1) is 9.56. The molecule has 3 nitrogen and oxygen atoms in total. The number of rotatable bonds is 2. The third-order valence-corrected chi connectivity index (χ3v) is 2.73. The third-order valence-electron chi connectivity index (χ3n) is 2.73. The van der Waals surface area contributed by atoms with E-state index in [4.69, 9.17) is 4.74 Å². The van der Waals surface area contributed by atoms with Crippen molar-refractivity contribution in [3.63, 3.8) is 0 Å². The molecule has 3 heteroatoms. The van der Waals surface area contributed by atoms with Crippen LogP contribution in [0.25, 0.3) is 0 Å². The van der Waals surface area contributed by atoms with Crippen molar-refractivity contribution < 1.29 is 14.3 Å². The minimum Gasteiger partial charge on any atom is -0.497 e. The van der Waals surface area contributed by atoms with E-state index in [0.717, 1.165) is 11.3 Å². The second-order valence-corrected chi connectivity index (χ2v) is 4.37. The predicted octanol–water partition coefficient (Wildman–Crippen LogP) is 3.79. The maximum atomic E-state index is 10.9. The highest BCUT2D eigenvalue weighted by molar-refractivity contribution is 5.89. The molecule has 0 aliphatic rings. The first-order valence-corrected chi connectivity index (χ1v) is 6.32. The molecule has 20 heavy (non-hydrogen) atoms. The molecule has 0 aliphatic carbocycles. The second kappa shape index (κ2) is 8.00. The van der Waals surface area contributed by atoms with E-state index < -0.39 is 0 Å². The number of methoxy groups -OCH3 is 2. The Morgan fingerprint density at radius 3 is 1.65 bits per heavy atom. The van der Waals surface area contributed by atoms with Gasteiger partial charge in [0.25, 0.3) is 0 Å². The summed E-state index contributed by atoms with van der Waals surface area (Å²) < 4.78 is 9.51. The number of esters is 1. The number of carbonyl (C=O) groups is 1. The van der Waals surface area contributed by atoms with Gasteiger partial charge in [-0.2, -0.15) is 0 Å². The van der Waals surface area contributed by atoms with E-state index in [2.05, 4.69) is 11.7 Å². The van der Waals surface area contributed by atoms with Crippen LogP contribution in [0.4, 0.5) is 0 Å². The van der Waals surface area contributed by atoms with Gasteiger partial charge in [-0.15, -0.1) is 0 Å². The van der Waals surface area contributed by atoms with Crippen molar-refractivity contribution in [3.05, 3.63) is 65.2 Å². The highest BCUT2D eigenvalue weighted by atomic mass is 16.5. The fourth-order valence-corrected chi connectivity index (χ4v) is 1.48. The summed E-state index contributed by atoms with van der Waals surface area (Å²) in [5, 5.41) is 0. The van der Waals surface area contributed by atoms with E-state index >= 15 is 0 Å². The van der Waals surface area contributed by atoms with Gasteiger partial charge in [-0.25, -0.2) is 4.79 Å².